The quantitative estimate of drug-likeness (QED) is 0.542. The molecular weight excluding hydrogens is 235 g/mol. The minimum absolute atomic E-state index is 0.279. The monoisotopic (exact) mass is 248 g/mol. The van der Waals surface area contributed by atoms with Gasteiger partial charge in [0.05, 0.1) is 0 Å². The third-order valence-electron chi connectivity index (χ3n) is 3.63. The summed E-state index contributed by atoms with van der Waals surface area (Å²) in [7, 11) is -0.279. The van der Waals surface area contributed by atoms with E-state index < -0.39 is 0 Å². The second-order valence-electron chi connectivity index (χ2n) is 4.65. The van der Waals surface area contributed by atoms with E-state index in [1.807, 2.05) is 0 Å². The van der Waals surface area contributed by atoms with Gasteiger partial charge in [0.15, 0.2) is 0 Å². The van der Waals surface area contributed by atoms with Gasteiger partial charge in [-0.25, -0.2) is 0 Å². The Morgan fingerprint density at radius 2 is 1.61 bits per heavy atom. The minimum Gasteiger partial charge on any atom is -0.0811 e. The molecule has 3 aromatic rings. The van der Waals surface area contributed by atoms with Gasteiger partial charge in [-0.05, 0) is 28.0 Å². The Labute approximate surface area is 108 Å². The van der Waals surface area contributed by atoms with Crippen molar-refractivity contribution < 1.29 is 0 Å². The first-order valence-corrected chi connectivity index (χ1v) is 7.63. The summed E-state index contributed by atoms with van der Waals surface area (Å²) in [5.41, 5.74) is 1.49. The summed E-state index contributed by atoms with van der Waals surface area (Å²) in [5.74, 6) is 0. The SMILES string of the molecule is C1=Cc2c(p(-c3ccccc3)c3ccccc23)C1. The van der Waals surface area contributed by atoms with Crippen LogP contribution in [-0.2, 0) is 6.42 Å². The highest BCUT2D eigenvalue weighted by Gasteiger charge is 2.18. The molecule has 1 heteroatoms. The van der Waals surface area contributed by atoms with Gasteiger partial charge < -0.3 is 0 Å². The molecule has 1 aliphatic carbocycles. The Morgan fingerprint density at radius 1 is 0.833 bits per heavy atom. The van der Waals surface area contributed by atoms with E-state index in [0.29, 0.717) is 0 Å². The van der Waals surface area contributed by atoms with Crippen LogP contribution in [0.4, 0.5) is 0 Å². The number of rotatable bonds is 1. The van der Waals surface area contributed by atoms with E-state index in [4.69, 9.17) is 0 Å². The molecule has 0 saturated carbocycles. The Kier molecular flexibility index (Phi) is 2.18. The summed E-state index contributed by atoms with van der Waals surface area (Å²) in [6.07, 6.45) is 5.74. The highest BCUT2D eigenvalue weighted by molar-refractivity contribution is 7.63. The van der Waals surface area contributed by atoms with Crippen molar-refractivity contribution in [3.05, 3.63) is 71.5 Å². The summed E-state index contributed by atoms with van der Waals surface area (Å²) in [6, 6.07) is 19.9. The molecule has 0 bridgehead atoms. The lowest BCUT2D eigenvalue weighted by atomic mass is 10.2. The molecule has 0 radical (unpaired) electrons. The molecule has 0 spiro atoms. The smallest absolute Gasteiger partial charge is 0.00653 e. The molecule has 0 nitrogen and oxygen atoms in total. The van der Waals surface area contributed by atoms with E-state index in [1.54, 1.807) is 5.30 Å². The first-order chi connectivity index (χ1) is 8.95. The number of hydrogen-bond donors (Lipinski definition) is 0. The van der Waals surface area contributed by atoms with Crippen molar-refractivity contribution in [3.8, 4) is 5.30 Å². The van der Waals surface area contributed by atoms with Gasteiger partial charge in [-0.3, -0.25) is 0 Å². The standard InChI is InChI=1S/C17H13P/c1-2-7-13(8-3-1)18-16-11-5-4-9-14(16)15-10-6-12-17(15)18/h1-11H,12H2. The molecule has 4 rings (SSSR count). The second-order valence-corrected chi connectivity index (χ2v) is 6.86. The first kappa shape index (κ1) is 10.2. The van der Waals surface area contributed by atoms with Crippen LogP contribution in [0.1, 0.15) is 10.9 Å². The van der Waals surface area contributed by atoms with E-state index in [9.17, 15) is 0 Å². The Bertz CT molecular complexity index is 748. The van der Waals surface area contributed by atoms with E-state index >= 15 is 0 Å². The van der Waals surface area contributed by atoms with E-state index in [2.05, 4.69) is 66.7 Å². The molecule has 0 amide bonds. The van der Waals surface area contributed by atoms with Gasteiger partial charge in [-0.15, -0.1) is 0 Å². The normalized spacial score (nSPS) is 14.1. The maximum atomic E-state index is 2.31. The second kappa shape index (κ2) is 3.86. The predicted molar refractivity (Wildman–Crippen MR) is 80.7 cm³/mol. The van der Waals surface area contributed by atoms with Crippen LogP contribution >= 0.6 is 7.53 Å². The molecule has 0 aliphatic heterocycles. The van der Waals surface area contributed by atoms with Crippen LogP contribution < -0.4 is 0 Å². The van der Waals surface area contributed by atoms with Crippen molar-refractivity contribution in [3.63, 3.8) is 0 Å². The van der Waals surface area contributed by atoms with E-state index in [1.165, 1.54) is 21.4 Å². The maximum Gasteiger partial charge on any atom is 0.00653 e. The Morgan fingerprint density at radius 3 is 2.50 bits per heavy atom. The lowest BCUT2D eigenvalue weighted by Gasteiger charge is -2.04. The highest BCUT2D eigenvalue weighted by atomic mass is 31.1. The van der Waals surface area contributed by atoms with Crippen LogP contribution in [0.5, 0.6) is 0 Å². The first-order valence-electron chi connectivity index (χ1n) is 6.29. The molecule has 0 saturated heterocycles. The largest absolute Gasteiger partial charge is 0.0811 e. The maximum absolute atomic E-state index is 2.31. The summed E-state index contributed by atoms with van der Waals surface area (Å²) in [6.45, 7) is 0. The lowest BCUT2D eigenvalue weighted by Crippen LogP contribution is -1.72. The van der Waals surface area contributed by atoms with Crippen molar-refractivity contribution >= 4 is 24.1 Å². The van der Waals surface area contributed by atoms with Gasteiger partial charge in [-0.2, -0.15) is 0 Å². The van der Waals surface area contributed by atoms with Crippen LogP contribution in [0.15, 0.2) is 60.7 Å². The van der Waals surface area contributed by atoms with Crippen LogP contribution in [0.2, 0.25) is 0 Å². The summed E-state index contributed by atoms with van der Waals surface area (Å²) < 4.78 is 0. The third kappa shape index (κ3) is 1.33. The van der Waals surface area contributed by atoms with Crippen molar-refractivity contribution in [1.82, 2.24) is 0 Å². The van der Waals surface area contributed by atoms with Crippen LogP contribution in [-0.4, -0.2) is 0 Å². The van der Waals surface area contributed by atoms with Crippen LogP contribution in [0, 0.1) is 0 Å². The molecule has 2 aromatic carbocycles. The van der Waals surface area contributed by atoms with Gasteiger partial charge in [0.25, 0.3) is 0 Å². The third-order valence-corrected chi connectivity index (χ3v) is 6.28. The van der Waals surface area contributed by atoms with Gasteiger partial charge in [0.2, 0.25) is 0 Å². The van der Waals surface area contributed by atoms with Gasteiger partial charge >= 0.3 is 0 Å². The Hall–Kier alpha value is -1.78. The number of benzene rings is 2. The fourth-order valence-corrected chi connectivity index (χ4v) is 5.61. The van der Waals surface area contributed by atoms with Gasteiger partial charge in [0, 0.05) is 5.12 Å². The summed E-state index contributed by atoms with van der Waals surface area (Å²) >= 11 is 0. The van der Waals surface area contributed by atoms with E-state index in [-0.39, 0.29) is 7.53 Å². The fraction of sp³-hybridized carbons (Fsp3) is 0.0588. The molecule has 1 unspecified atom stereocenters. The fourth-order valence-electron chi connectivity index (χ4n) is 2.87. The molecule has 0 fully saturated rings. The average molecular weight is 248 g/mol. The number of allylic oxidation sites excluding steroid dienone is 1. The predicted octanol–water partition coefficient (Wildman–Crippen LogP) is 5.38. The molecular formula is C17H13P. The molecule has 1 atom stereocenters. The zero-order valence-corrected chi connectivity index (χ0v) is 10.9. The van der Waals surface area contributed by atoms with Crippen molar-refractivity contribution in [2.24, 2.45) is 0 Å². The molecule has 1 aromatic heterocycles. The number of hydrogen-bond acceptors (Lipinski definition) is 0. The average Bonchev–Trinajstić information content (AvgIpc) is 2.99. The molecule has 1 aliphatic rings. The van der Waals surface area contributed by atoms with Crippen molar-refractivity contribution in [2.75, 3.05) is 0 Å². The minimum atomic E-state index is -0.279. The van der Waals surface area contributed by atoms with Crippen molar-refractivity contribution in [1.29, 1.82) is 0 Å². The van der Waals surface area contributed by atoms with Gasteiger partial charge in [-0.1, -0.05) is 74.3 Å². The van der Waals surface area contributed by atoms with E-state index in [0.717, 1.165) is 6.42 Å². The number of fused-ring (bicyclic) bond motifs is 3. The topological polar surface area (TPSA) is 0 Å². The molecule has 18 heavy (non-hydrogen) atoms. The summed E-state index contributed by atoms with van der Waals surface area (Å²) in [5, 5.41) is 6.11. The van der Waals surface area contributed by atoms with Crippen LogP contribution in [0.3, 0.4) is 0 Å². The molecule has 1 heterocycles. The molecule has 0 N–H and O–H groups in total. The summed E-state index contributed by atoms with van der Waals surface area (Å²) in [4.78, 5) is 0. The zero-order chi connectivity index (χ0) is 11.9. The van der Waals surface area contributed by atoms with Crippen molar-refractivity contribution in [2.45, 2.75) is 6.42 Å². The zero-order valence-electron chi connectivity index (χ0n) is 10.0. The van der Waals surface area contributed by atoms with Gasteiger partial charge in [0.1, 0.15) is 0 Å². The lowest BCUT2D eigenvalue weighted by molar-refractivity contribution is 1.40. The molecule has 86 valence electrons. The van der Waals surface area contributed by atoms with Crippen LogP contribution in [0.25, 0.3) is 21.9 Å². The Balaban J connectivity index is 2.13. The highest BCUT2D eigenvalue weighted by Crippen LogP contribution is 2.55.